The van der Waals surface area contributed by atoms with Gasteiger partial charge in [0.25, 0.3) is 5.56 Å². The number of aryl methyl sites for hydroxylation is 1. The Kier molecular flexibility index (Phi) is 4.97. The number of aromatic nitrogens is 5. The standard InChI is InChI=1S/C26H28N6O/c1-17-8-7-10-19-16-21(26(33)27-23(17)19)24(31-15-14-18-9-5-6-13-22(18)31)25-28-29-30-32(25)20-11-3-2-4-12-20/h5-10,13,16,20,24H,2-4,11-12,14-15H2,1H3,(H,27,33)/t24-/m0/s1. The lowest BCUT2D eigenvalue weighted by Crippen LogP contribution is -2.35. The summed E-state index contributed by atoms with van der Waals surface area (Å²) in [4.78, 5) is 19.0. The van der Waals surface area contributed by atoms with E-state index in [1.807, 2.05) is 29.8 Å². The molecule has 7 nitrogen and oxygen atoms in total. The van der Waals surface area contributed by atoms with Crippen molar-refractivity contribution in [2.45, 2.75) is 57.5 Å². The minimum absolute atomic E-state index is 0.0793. The van der Waals surface area contributed by atoms with Crippen molar-refractivity contribution in [1.82, 2.24) is 25.2 Å². The van der Waals surface area contributed by atoms with Crippen molar-refractivity contribution in [2.75, 3.05) is 11.4 Å². The lowest BCUT2D eigenvalue weighted by atomic mass is 9.95. The number of nitrogens with one attached hydrogen (secondary N) is 1. The van der Waals surface area contributed by atoms with E-state index in [1.54, 1.807) is 0 Å². The molecule has 0 radical (unpaired) electrons. The van der Waals surface area contributed by atoms with Crippen LogP contribution < -0.4 is 10.5 Å². The molecule has 0 saturated heterocycles. The van der Waals surface area contributed by atoms with Crippen LogP contribution in [0.4, 0.5) is 5.69 Å². The topological polar surface area (TPSA) is 79.7 Å². The van der Waals surface area contributed by atoms with Crippen molar-refractivity contribution in [3.8, 4) is 0 Å². The third kappa shape index (κ3) is 3.43. The fourth-order valence-corrected chi connectivity index (χ4v) is 5.65. The van der Waals surface area contributed by atoms with Gasteiger partial charge in [-0.05, 0) is 65.3 Å². The first-order valence-electron chi connectivity index (χ1n) is 12.0. The van der Waals surface area contributed by atoms with Crippen molar-refractivity contribution in [3.05, 3.63) is 81.4 Å². The molecule has 33 heavy (non-hydrogen) atoms. The molecule has 2 aromatic carbocycles. The van der Waals surface area contributed by atoms with Gasteiger partial charge in [0.2, 0.25) is 0 Å². The third-order valence-electron chi connectivity index (χ3n) is 7.33. The summed E-state index contributed by atoms with van der Waals surface area (Å²) >= 11 is 0. The maximum absolute atomic E-state index is 13.5. The van der Waals surface area contributed by atoms with E-state index in [4.69, 9.17) is 0 Å². The second-order valence-electron chi connectivity index (χ2n) is 9.34. The number of anilines is 1. The van der Waals surface area contributed by atoms with Crippen LogP contribution in [-0.2, 0) is 6.42 Å². The minimum atomic E-state index is -0.348. The molecule has 1 fully saturated rings. The van der Waals surface area contributed by atoms with Gasteiger partial charge in [0.1, 0.15) is 6.04 Å². The van der Waals surface area contributed by atoms with Gasteiger partial charge in [-0.15, -0.1) is 5.10 Å². The molecule has 168 valence electrons. The van der Waals surface area contributed by atoms with Crippen molar-refractivity contribution in [1.29, 1.82) is 0 Å². The number of benzene rings is 2. The monoisotopic (exact) mass is 440 g/mol. The number of hydrogen-bond donors (Lipinski definition) is 1. The van der Waals surface area contributed by atoms with Crippen LogP contribution in [0.1, 0.15) is 66.7 Å². The Hall–Kier alpha value is -3.48. The fraction of sp³-hybridized carbons (Fsp3) is 0.385. The van der Waals surface area contributed by atoms with Gasteiger partial charge in [-0.2, -0.15) is 0 Å². The maximum Gasteiger partial charge on any atom is 0.254 e. The van der Waals surface area contributed by atoms with Crippen LogP contribution in [-0.4, -0.2) is 31.7 Å². The zero-order chi connectivity index (χ0) is 22.4. The Bertz CT molecular complexity index is 1370. The van der Waals surface area contributed by atoms with Crippen molar-refractivity contribution >= 4 is 16.6 Å². The van der Waals surface area contributed by atoms with Gasteiger partial charge in [-0.1, -0.05) is 55.7 Å². The van der Waals surface area contributed by atoms with Gasteiger partial charge < -0.3 is 9.88 Å². The molecule has 1 saturated carbocycles. The van der Waals surface area contributed by atoms with Crippen LogP contribution >= 0.6 is 0 Å². The SMILES string of the molecule is Cc1cccc2cc([C@@H](c3nnnn3C3CCCCC3)N3CCc4ccccc43)c(=O)[nH]c12. The number of hydrogen-bond acceptors (Lipinski definition) is 5. The maximum atomic E-state index is 13.5. The van der Waals surface area contributed by atoms with Crippen LogP contribution in [0.25, 0.3) is 10.9 Å². The van der Waals surface area contributed by atoms with E-state index >= 15 is 0 Å². The predicted molar refractivity (Wildman–Crippen MR) is 129 cm³/mol. The first kappa shape index (κ1) is 20.1. The normalized spacial score (nSPS) is 17.4. The molecule has 6 rings (SSSR count). The molecule has 2 aromatic heterocycles. The van der Waals surface area contributed by atoms with Crippen LogP contribution in [0.5, 0.6) is 0 Å². The van der Waals surface area contributed by atoms with Crippen LogP contribution in [0.15, 0.2) is 53.3 Å². The summed E-state index contributed by atoms with van der Waals surface area (Å²) in [7, 11) is 0. The number of nitrogens with zero attached hydrogens (tertiary/aromatic N) is 5. The summed E-state index contributed by atoms with van der Waals surface area (Å²) < 4.78 is 2.00. The average Bonchev–Trinajstić information content (AvgIpc) is 3.49. The zero-order valence-corrected chi connectivity index (χ0v) is 18.9. The molecule has 0 amide bonds. The lowest BCUT2D eigenvalue weighted by molar-refractivity contribution is 0.313. The van der Waals surface area contributed by atoms with E-state index in [0.29, 0.717) is 5.56 Å². The number of rotatable bonds is 4. The van der Waals surface area contributed by atoms with Crippen LogP contribution in [0.3, 0.4) is 0 Å². The molecule has 7 heteroatoms. The second kappa shape index (κ2) is 8.14. The number of para-hydroxylation sites is 2. The highest BCUT2D eigenvalue weighted by atomic mass is 16.1. The Morgan fingerprint density at radius 1 is 1.06 bits per heavy atom. The molecule has 3 heterocycles. The van der Waals surface area contributed by atoms with Gasteiger partial charge in [-0.25, -0.2) is 4.68 Å². The summed E-state index contributed by atoms with van der Waals surface area (Å²) in [5, 5.41) is 14.1. The van der Waals surface area contributed by atoms with Crippen LogP contribution in [0, 0.1) is 6.92 Å². The first-order chi connectivity index (χ1) is 16.2. The summed E-state index contributed by atoms with van der Waals surface area (Å²) in [5.41, 5.74) is 5.02. The highest BCUT2D eigenvalue weighted by molar-refractivity contribution is 5.82. The first-order valence-corrected chi connectivity index (χ1v) is 12.0. The van der Waals surface area contributed by atoms with Crippen LogP contribution in [0.2, 0.25) is 0 Å². The molecule has 1 atom stereocenters. The van der Waals surface area contributed by atoms with E-state index in [2.05, 4.69) is 55.7 Å². The summed E-state index contributed by atoms with van der Waals surface area (Å²) in [5.74, 6) is 0.760. The third-order valence-corrected chi connectivity index (χ3v) is 7.33. The van der Waals surface area contributed by atoms with E-state index in [9.17, 15) is 4.79 Å². The average molecular weight is 441 g/mol. The Morgan fingerprint density at radius 2 is 1.91 bits per heavy atom. The van der Waals surface area contributed by atoms with E-state index in [-0.39, 0.29) is 17.6 Å². The van der Waals surface area contributed by atoms with Gasteiger partial charge in [-0.3, -0.25) is 4.79 Å². The quantitative estimate of drug-likeness (QED) is 0.506. The summed E-state index contributed by atoms with van der Waals surface area (Å²) in [6.07, 6.45) is 6.75. The predicted octanol–water partition coefficient (Wildman–Crippen LogP) is 4.48. The smallest absolute Gasteiger partial charge is 0.254 e. The van der Waals surface area contributed by atoms with Gasteiger partial charge >= 0.3 is 0 Å². The van der Waals surface area contributed by atoms with Crippen molar-refractivity contribution < 1.29 is 0 Å². The lowest BCUT2D eigenvalue weighted by Gasteiger charge is -2.31. The molecule has 0 spiro atoms. The zero-order valence-electron chi connectivity index (χ0n) is 18.9. The van der Waals surface area contributed by atoms with Crippen molar-refractivity contribution in [2.24, 2.45) is 0 Å². The molecular weight excluding hydrogens is 412 g/mol. The number of pyridine rings is 1. The number of tetrazole rings is 1. The highest BCUT2D eigenvalue weighted by Gasteiger charge is 2.35. The number of aromatic amines is 1. The Labute approximate surface area is 192 Å². The Balaban J connectivity index is 1.55. The fourth-order valence-electron chi connectivity index (χ4n) is 5.65. The van der Waals surface area contributed by atoms with Gasteiger partial charge in [0.15, 0.2) is 5.82 Å². The largest absolute Gasteiger partial charge is 0.357 e. The number of fused-ring (bicyclic) bond motifs is 2. The van der Waals surface area contributed by atoms with Gasteiger partial charge in [0.05, 0.1) is 11.6 Å². The molecule has 1 aliphatic carbocycles. The number of H-pyrrole nitrogens is 1. The molecule has 1 N–H and O–H groups in total. The second-order valence-corrected chi connectivity index (χ2v) is 9.34. The molecule has 1 aliphatic heterocycles. The highest BCUT2D eigenvalue weighted by Crippen LogP contribution is 2.39. The molecule has 0 bridgehead atoms. The Morgan fingerprint density at radius 3 is 2.79 bits per heavy atom. The molecule has 2 aliphatic rings. The molecule has 0 unspecified atom stereocenters. The summed E-state index contributed by atoms with van der Waals surface area (Å²) in [6, 6.07) is 16.5. The van der Waals surface area contributed by atoms with E-state index in [0.717, 1.165) is 53.8 Å². The molecular formula is C26H28N6O. The van der Waals surface area contributed by atoms with E-state index < -0.39 is 0 Å². The summed E-state index contributed by atoms with van der Waals surface area (Å²) in [6.45, 7) is 2.85. The minimum Gasteiger partial charge on any atom is -0.357 e. The van der Waals surface area contributed by atoms with Crippen molar-refractivity contribution in [3.63, 3.8) is 0 Å². The van der Waals surface area contributed by atoms with E-state index in [1.165, 1.54) is 24.8 Å². The molecule has 4 aromatic rings. The van der Waals surface area contributed by atoms with Gasteiger partial charge in [0, 0.05) is 17.8 Å².